The highest BCUT2D eigenvalue weighted by Gasteiger charge is 2.41. The summed E-state index contributed by atoms with van der Waals surface area (Å²) in [6.45, 7) is 4.28. The molecule has 2 saturated carbocycles. The van der Waals surface area contributed by atoms with Gasteiger partial charge in [-0.05, 0) is 104 Å². The summed E-state index contributed by atoms with van der Waals surface area (Å²) >= 11 is 6.28. The van der Waals surface area contributed by atoms with Crippen LogP contribution in [-0.4, -0.2) is 72.6 Å². The SMILES string of the molecule is O=C(NS(=O)c1cc([N+](=O)[O-])c2nc(C3CC3)[nH]c2c1)c1ccc(N2CCN(CC3=C(c4ccc(Cl)cc4)CC4(CCC4)CC3)CC2)cc1Oc1cnc2[nH]ccc2c1. The number of hydrogen-bond acceptors (Lipinski definition) is 9. The van der Waals surface area contributed by atoms with E-state index in [0.29, 0.717) is 28.2 Å². The van der Waals surface area contributed by atoms with Crippen LogP contribution in [-0.2, 0) is 11.0 Å². The molecule has 6 aromatic rings. The number of non-ortho nitro benzene ring substituents is 1. The van der Waals surface area contributed by atoms with Gasteiger partial charge in [0.05, 0.1) is 27.1 Å². The number of nitro benzene ring substituents is 1. The van der Waals surface area contributed by atoms with Gasteiger partial charge in [-0.25, -0.2) is 14.2 Å². The number of nitrogens with zero attached hydrogens (tertiary/aromatic N) is 5. The summed E-state index contributed by atoms with van der Waals surface area (Å²) in [7, 11) is -2.13. The van der Waals surface area contributed by atoms with Gasteiger partial charge >= 0.3 is 0 Å². The Balaban J connectivity index is 0.885. The molecule has 4 heterocycles. The molecule has 1 aliphatic heterocycles. The number of pyridine rings is 1. The van der Waals surface area contributed by atoms with Crippen LogP contribution in [0.25, 0.3) is 27.6 Å². The summed E-state index contributed by atoms with van der Waals surface area (Å²) in [4.78, 5) is 45.5. The molecule has 1 spiro atoms. The number of imidazole rings is 1. The maximum atomic E-state index is 13.9. The van der Waals surface area contributed by atoms with E-state index in [1.54, 1.807) is 24.5 Å². The molecule has 15 heteroatoms. The summed E-state index contributed by atoms with van der Waals surface area (Å²) in [6, 6.07) is 20.2. The number of rotatable bonds is 11. The molecular weight excluding hydrogens is 788 g/mol. The van der Waals surface area contributed by atoms with Crippen molar-refractivity contribution < 1.29 is 18.7 Å². The zero-order chi connectivity index (χ0) is 40.3. The topological polar surface area (TPSA) is 162 Å². The van der Waals surface area contributed by atoms with Gasteiger partial charge in [0.2, 0.25) is 0 Å². The van der Waals surface area contributed by atoms with Crippen LogP contribution in [0.3, 0.4) is 0 Å². The van der Waals surface area contributed by atoms with Crippen molar-refractivity contribution in [3.8, 4) is 11.5 Å². The Morgan fingerprint density at radius 1 is 1.03 bits per heavy atom. The molecule has 1 unspecified atom stereocenters. The molecule has 3 aromatic carbocycles. The Hall–Kier alpha value is -5.57. The van der Waals surface area contributed by atoms with Gasteiger partial charge in [0.15, 0.2) is 16.5 Å². The zero-order valence-corrected chi connectivity index (χ0v) is 33.9. The van der Waals surface area contributed by atoms with Crippen LogP contribution in [0.4, 0.5) is 11.4 Å². The Bertz CT molecular complexity index is 2680. The number of fused-ring (bicyclic) bond motifs is 2. The molecule has 302 valence electrons. The van der Waals surface area contributed by atoms with Gasteiger partial charge in [-0.15, -0.1) is 0 Å². The minimum atomic E-state index is -2.13. The van der Waals surface area contributed by atoms with E-state index in [0.717, 1.165) is 74.5 Å². The molecule has 4 aliphatic rings. The summed E-state index contributed by atoms with van der Waals surface area (Å²) in [6.07, 6.45) is 12.8. The standard InChI is InChI=1S/C44H43ClN8O5S/c45-31-6-4-27(5-7-31)36-24-44(12-1-13-44)14-10-30(36)26-51-16-18-52(19-17-51)32-8-9-35(39(21-32)58-33-20-29-11-15-46-41(29)47-25-33)43(54)50-59(57)34-22-37-40(38(23-34)53(55)56)49-42(48-37)28-2-3-28/h4-9,11,15,20-23,25,28H,1-3,10,12-14,16-19,24,26H2,(H,46,47)(H,48,49)(H,50,54). The highest BCUT2D eigenvalue weighted by molar-refractivity contribution is 7.83. The van der Waals surface area contributed by atoms with Gasteiger partial charge in [0.1, 0.15) is 23.0 Å². The maximum Gasteiger partial charge on any atom is 0.298 e. The number of carbonyl (C=O) groups is 1. The van der Waals surface area contributed by atoms with Crippen LogP contribution >= 0.6 is 11.6 Å². The minimum Gasteiger partial charge on any atom is -0.455 e. The van der Waals surface area contributed by atoms with Crippen LogP contribution in [0.2, 0.25) is 5.02 Å². The van der Waals surface area contributed by atoms with Gasteiger partial charge < -0.3 is 19.6 Å². The predicted molar refractivity (Wildman–Crippen MR) is 228 cm³/mol. The number of benzene rings is 3. The largest absolute Gasteiger partial charge is 0.455 e. The summed E-state index contributed by atoms with van der Waals surface area (Å²) in [5.74, 6) is 0.962. The number of H-pyrrole nitrogens is 2. The third-order valence-corrected chi connectivity index (χ3v) is 13.9. The molecule has 3 N–H and O–H groups in total. The number of anilines is 1. The molecule has 1 saturated heterocycles. The molecule has 3 aliphatic carbocycles. The summed E-state index contributed by atoms with van der Waals surface area (Å²) in [5, 5.41) is 13.6. The van der Waals surface area contributed by atoms with E-state index in [4.69, 9.17) is 16.3 Å². The van der Waals surface area contributed by atoms with Crippen molar-refractivity contribution in [2.24, 2.45) is 5.41 Å². The molecule has 0 bridgehead atoms. The van der Waals surface area contributed by atoms with Crippen molar-refractivity contribution in [1.29, 1.82) is 0 Å². The Morgan fingerprint density at radius 3 is 2.59 bits per heavy atom. The van der Waals surface area contributed by atoms with Crippen molar-refractivity contribution in [1.82, 2.24) is 29.6 Å². The predicted octanol–water partition coefficient (Wildman–Crippen LogP) is 9.05. The molecule has 3 fully saturated rings. The van der Waals surface area contributed by atoms with E-state index in [9.17, 15) is 19.1 Å². The smallest absolute Gasteiger partial charge is 0.298 e. The van der Waals surface area contributed by atoms with Crippen LogP contribution in [0.1, 0.15) is 79.0 Å². The number of nitrogens with one attached hydrogen (secondary N) is 3. The molecule has 13 nitrogen and oxygen atoms in total. The fourth-order valence-electron chi connectivity index (χ4n) is 8.99. The average Bonchev–Trinajstić information content (AvgIpc) is 3.82. The number of piperazine rings is 1. The second-order valence-electron chi connectivity index (χ2n) is 16.4. The average molecular weight is 831 g/mol. The fraction of sp³-hybridized carbons (Fsp3) is 0.341. The van der Waals surface area contributed by atoms with Crippen molar-refractivity contribution in [2.45, 2.75) is 62.2 Å². The Kier molecular flexibility index (Phi) is 9.73. The number of ether oxygens (including phenoxy) is 1. The van der Waals surface area contributed by atoms with Crippen LogP contribution in [0.5, 0.6) is 11.5 Å². The van der Waals surface area contributed by atoms with Crippen molar-refractivity contribution >= 4 is 67.5 Å². The summed E-state index contributed by atoms with van der Waals surface area (Å²) < 4.78 is 22.6. The number of hydrogen-bond donors (Lipinski definition) is 3. The number of nitro groups is 1. The highest BCUT2D eigenvalue weighted by Crippen LogP contribution is 2.55. The third kappa shape index (κ3) is 7.60. The van der Waals surface area contributed by atoms with Crippen molar-refractivity contribution in [2.75, 3.05) is 37.6 Å². The maximum absolute atomic E-state index is 13.9. The second kappa shape index (κ2) is 15.2. The molecule has 10 rings (SSSR count). The number of aromatic nitrogens is 4. The number of amides is 1. The van der Waals surface area contributed by atoms with Crippen LogP contribution in [0, 0.1) is 15.5 Å². The lowest BCUT2D eigenvalue weighted by molar-refractivity contribution is -0.383. The van der Waals surface area contributed by atoms with E-state index < -0.39 is 21.8 Å². The molecule has 1 amide bonds. The second-order valence-corrected chi connectivity index (χ2v) is 18.1. The molecular formula is C44H43ClN8O5S. The Labute approximate surface area is 347 Å². The number of carbonyl (C=O) groups excluding carboxylic acids is 1. The normalized spacial score (nSPS) is 18.6. The van der Waals surface area contributed by atoms with Gasteiger partial charge in [-0.1, -0.05) is 35.7 Å². The Morgan fingerprint density at radius 2 is 1.85 bits per heavy atom. The first-order valence-corrected chi connectivity index (χ1v) is 21.8. The first kappa shape index (κ1) is 37.7. The van der Waals surface area contributed by atoms with Gasteiger partial charge in [-0.2, -0.15) is 0 Å². The molecule has 0 radical (unpaired) electrons. The van der Waals surface area contributed by atoms with Crippen molar-refractivity contribution in [3.63, 3.8) is 0 Å². The first-order valence-electron chi connectivity index (χ1n) is 20.3. The van der Waals surface area contributed by atoms with Gasteiger partial charge in [-0.3, -0.25) is 24.5 Å². The van der Waals surface area contributed by atoms with Crippen LogP contribution < -0.4 is 14.4 Å². The number of aromatic amines is 2. The number of allylic oxidation sites excluding steroid dienone is 1. The number of halogens is 1. The molecule has 59 heavy (non-hydrogen) atoms. The zero-order valence-electron chi connectivity index (χ0n) is 32.3. The summed E-state index contributed by atoms with van der Waals surface area (Å²) in [5.41, 5.74) is 6.89. The minimum absolute atomic E-state index is 0.0782. The lowest BCUT2D eigenvalue weighted by Crippen LogP contribution is -2.47. The molecule has 1 atom stereocenters. The van der Waals surface area contributed by atoms with E-state index >= 15 is 0 Å². The van der Waals surface area contributed by atoms with Gasteiger partial charge in [0, 0.05) is 73.1 Å². The van der Waals surface area contributed by atoms with E-state index in [2.05, 4.69) is 46.6 Å². The van der Waals surface area contributed by atoms with E-state index in [1.807, 2.05) is 36.4 Å². The van der Waals surface area contributed by atoms with E-state index in [1.165, 1.54) is 48.5 Å². The highest BCUT2D eigenvalue weighted by atomic mass is 35.5. The monoisotopic (exact) mass is 830 g/mol. The fourth-order valence-corrected chi connectivity index (χ4v) is 9.96. The lowest BCUT2D eigenvalue weighted by atomic mass is 9.59. The first-order chi connectivity index (χ1) is 28.7. The quantitative estimate of drug-likeness (QED) is 0.0854. The van der Waals surface area contributed by atoms with Gasteiger partial charge in [0.25, 0.3) is 11.6 Å². The lowest BCUT2D eigenvalue weighted by Gasteiger charge is -2.47. The van der Waals surface area contributed by atoms with E-state index in [-0.39, 0.29) is 33.3 Å². The van der Waals surface area contributed by atoms with Crippen molar-refractivity contribution in [3.05, 3.63) is 117 Å². The third-order valence-electron chi connectivity index (χ3n) is 12.6. The molecule has 3 aromatic heterocycles. The van der Waals surface area contributed by atoms with Crippen LogP contribution in [0.15, 0.2) is 89.6 Å².